The van der Waals surface area contributed by atoms with Crippen LogP contribution in [0.5, 0.6) is 0 Å². The molecule has 0 radical (unpaired) electrons. The smallest absolute Gasteiger partial charge is 0.415 e. The molecule has 0 aromatic carbocycles. The predicted octanol–water partition coefficient (Wildman–Crippen LogP) is 2.42. The second-order valence-electron chi connectivity index (χ2n) is 4.84. The molecule has 2 aliphatic rings. The number of aromatic nitrogens is 1. The van der Waals surface area contributed by atoms with E-state index in [1.54, 1.807) is 12.1 Å². The molecule has 110 valence electrons. The fraction of sp³-hybridized carbons (Fsp3) is 0.357. The van der Waals surface area contributed by atoms with E-state index in [0.29, 0.717) is 23.9 Å². The molecular formula is C14H15N3O3S. The number of nitrogens with zero attached hydrogens (tertiary/aromatic N) is 2. The van der Waals surface area contributed by atoms with Crippen LogP contribution in [0.2, 0.25) is 0 Å². The molecule has 1 N–H and O–H groups in total. The largest absolute Gasteiger partial charge is 0.444 e. The van der Waals surface area contributed by atoms with Crippen LogP contribution in [0.1, 0.15) is 12.8 Å². The molecule has 6 nitrogen and oxygen atoms in total. The van der Waals surface area contributed by atoms with E-state index in [2.05, 4.69) is 16.9 Å². The normalized spacial score (nSPS) is 20.8. The van der Waals surface area contributed by atoms with Crippen molar-refractivity contribution < 1.29 is 14.3 Å². The van der Waals surface area contributed by atoms with E-state index in [4.69, 9.17) is 4.74 Å². The molecule has 1 atom stereocenters. The number of hydrogen-bond donors (Lipinski definition) is 1. The van der Waals surface area contributed by atoms with Crippen LogP contribution in [-0.4, -0.2) is 35.4 Å². The monoisotopic (exact) mass is 305 g/mol. The van der Waals surface area contributed by atoms with Crippen LogP contribution >= 0.6 is 11.8 Å². The standard InChI is InChI=1S/C14H15N3O3S/c1-2-3-4-9-7-17(14(19)20-9)11-6-5-10-13(15-11)16-12(18)8-21-10/h2,5-6,9H,1,3-4,7-8H2,(H,15,16,18)/t9-/m0/s1. The maximum atomic E-state index is 11.9. The number of thioether (sulfide) groups is 1. The third kappa shape index (κ3) is 2.87. The number of allylic oxidation sites excluding steroid dienone is 1. The second-order valence-corrected chi connectivity index (χ2v) is 5.85. The lowest BCUT2D eigenvalue weighted by Crippen LogP contribution is -2.27. The number of fused-ring (bicyclic) bond motifs is 1. The molecule has 2 aliphatic heterocycles. The van der Waals surface area contributed by atoms with Gasteiger partial charge in [-0.25, -0.2) is 9.78 Å². The first-order valence-corrected chi connectivity index (χ1v) is 7.68. The molecule has 1 fully saturated rings. The number of rotatable bonds is 4. The van der Waals surface area contributed by atoms with Crippen molar-refractivity contribution in [2.24, 2.45) is 0 Å². The highest BCUT2D eigenvalue weighted by Crippen LogP contribution is 2.32. The van der Waals surface area contributed by atoms with Gasteiger partial charge in [-0.1, -0.05) is 6.08 Å². The Morgan fingerprint density at radius 3 is 3.19 bits per heavy atom. The summed E-state index contributed by atoms with van der Waals surface area (Å²) in [5.74, 6) is 1.33. The molecule has 0 spiro atoms. The zero-order valence-corrected chi connectivity index (χ0v) is 12.2. The summed E-state index contributed by atoms with van der Waals surface area (Å²) in [5, 5.41) is 2.72. The summed E-state index contributed by atoms with van der Waals surface area (Å²) < 4.78 is 5.30. The summed E-state index contributed by atoms with van der Waals surface area (Å²) in [7, 11) is 0. The zero-order valence-electron chi connectivity index (χ0n) is 11.4. The van der Waals surface area contributed by atoms with Gasteiger partial charge in [0.05, 0.1) is 17.2 Å². The van der Waals surface area contributed by atoms with Gasteiger partial charge in [0, 0.05) is 0 Å². The number of anilines is 2. The van der Waals surface area contributed by atoms with Crippen LogP contribution in [0.25, 0.3) is 0 Å². The van der Waals surface area contributed by atoms with Gasteiger partial charge in [-0.15, -0.1) is 18.3 Å². The molecule has 0 unspecified atom stereocenters. The molecule has 21 heavy (non-hydrogen) atoms. The van der Waals surface area contributed by atoms with Gasteiger partial charge in [0.15, 0.2) is 0 Å². The first kappa shape index (κ1) is 13.9. The molecule has 0 saturated carbocycles. The van der Waals surface area contributed by atoms with Crippen LogP contribution in [0.3, 0.4) is 0 Å². The van der Waals surface area contributed by atoms with E-state index < -0.39 is 6.09 Å². The van der Waals surface area contributed by atoms with Crippen LogP contribution in [0.15, 0.2) is 29.7 Å². The molecule has 1 aromatic heterocycles. The fourth-order valence-electron chi connectivity index (χ4n) is 2.27. The first-order chi connectivity index (χ1) is 10.2. The lowest BCUT2D eigenvalue weighted by molar-refractivity contribution is -0.113. The van der Waals surface area contributed by atoms with Gasteiger partial charge in [-0.3, -0.25) is 9.69 Å². The van der Waals surface area contributed by atoms with Gasteiger partial charge in [0.2, 0.25) is 5.91 Å². The third-order valence-corrected chi connectivity index (χ3v) is 4.35. The number of hydrogen-bond acceptors (Lipinski definition) is 5. The summed E-state index contributed by atoms with van der Waals surface area (Å²) in [6, 6.07) is 3.65. The van der Waals surface area contributed by atoms with Crippen LogP contribution in [-0.2, 0) is 9.53 Å². The minimum absolute atomic E-state index is 0.0787. The second kappa shape index (κ2) is 5.77. The van der Waals surface area contributed by atoms with Crippen LogP contribution in [0.4, 0.5) is 16.4 Å². The SMILES string of the molecule is C=CCC[C@H]1CN(c2ccc3c(n2)NC(=O)CS3)C(=O)O1. The minimum Gasteiger partial charge on any atom is -0.444 e. The van der Waals surface area contributed by atoms with Crippen molar-refractivity contribution in [2.75, 3.05) is 22.5 Å². The maximum absolute atomic E-state index is 11.9. The van der Waals surface area contributed by atoms with Gasteiger partial charge in [0.25, 0.3) is 0 Å². The van der Waals surface area contributed by atoms with Crippen molar-refractivity contribution >= 4 is 35.4 Å². The molecule has 1 aromatic rings. The van der Waals surface area contributed by atoms with E-state index in [1.807, 2.05) is 6.07 Å². The average Bonchev–Trinajstić information content (AvgIpc) is 2.85. The number of nitrogens with one attached hydrogen (secondary N) is 1. The summed E-state index contributed by atoms with van der Waals surface area (Å²) in [4.78, 5) is 30.1. The Morgan fingerprint density at radius 2 is 2.38 bits per heavy atom. The summed E-state index contributed by atoms with van der Waals surface area (Å²) >= 11 is 1.44. The number of cyclic esters (lactones) is 1. The van der Waals surface area contributed by atoms with E-state index in [9.17, 15) is 9.59 Å². The zero-order chi connectivity index (χ0) is 14.8. The van der Waals surface area contributed by atoms with E-state index in [0.717, 1.165) is 17.7 Å². The number of carbonyl (C=O) groups excluding carboxylic acids is 2. The van der Waals surface area contributed by atoms with E-state index in [1.165, 1.54) is 16.7 Å². The predicted molar refractivity (Wildman–Crippen MR) is 80.6 cm³/mol. The van der Waals surface area contributed by atoms with Gasteiger partial charge in [-0.2, -0.15) is 0 Å². The number of pyridine rings is 1. The summed E-state index contributed by atoms with van der Waals surface area (Å²) in [5.41, 5.74) is 0. The maximum Gasteiger partial charge on any atom is 0.415 e. The molecular weight excluding hydrogens is 290 g/mol. The van der Waals surface area contributed by atoms with Gasteiger partial charge >= 0.3 is 6.09 Å². The number of ether oxygens (including phenoxy) is 1. The Labute approximate surface area is 126 Å². The molecule has 3 heterocycles. The Morgan fingerprint density at radius 1 is 1.52 bits per heavy atom. The Kier molecular flexibility index (Phi) is 3.83. The fourth-order valence-corrected chi connectivity index (χ4v) is 3.02. The van der Waals surface area contributed by atoms with Crippen LogP contribution < -0.4 is 10.2 Å². The Hall–Kier alpha value is -2.02. The van der Waals surface area contributed by atoms with E-state index >= 15 is 0 Å². The lowest BCUT2D eigenvalue weighted by atomic mass is 10.2. The third-order valence-electron chi connectivity index (χ3n) is 3.30. The lowest BCUT2D eigenvalue weighted by Gasteiger charge is -2.18. The van der Waals surface area contributed by atoms with Crippen molar-refractivity contribution in [2.45, 2.75) is 23.8 Å². The Bertz CT molecular complexity index is 605. The van der Waals surface area contributed by atoms with Crippen molar-refractivity contribution in [3.63, 3.8) is 0 Å². The van der Waals surface area contributed by atoms with Crippen molar-refractivity contribution in [3.8, 4) is 0 Å². The van der Waals surface area contributed by atoms with Crippen molar-refractivity contribution in [1.82, 2.24) is 4.98 Å². The van der Waals surface area contributed by atoms with Crippen LogP contribution in [0, 0.1) is 0 Å². The highest BCUT2D eigenvalue weighted by Gasteiger charge is 2.33. The highest BCUT2D eigenvalue weighted by molar-refractivity contribution is 8.00. The minimum atomic E-state index is -0.397. The first-order valence-electron chi connectivity index (χ1n) is 6.70. The van der Waals surface area contributed by atoms with Gasteiger partial charge in [-0.05, 0) is 25.0 Å². The topological polar surface area (TPSA) is 71.5 Å². The molecule has 1 saturated heterocycles. The van der Waals surface area contributed by atoms with Gasteiger partial charge in [0.1, 0.15) is 17.7 Å². The van der Waals surface area contributed by atoms with Gasteiger partial charge < -0.3 is 10.1 Å². The number of carbonyl (C=O) groups is 2. The molecule has 0 aliphatic carbocycles. The van der Waals surface area contributed by atoms with Crippen molar-refractivity contribution in [3.05, 3.63) is 24.8 Å². The molecule has 3 rings (SSSR count). The average molecular weight is 305 g/mol. The summed E-state index contributed by atoms with van der Waals surface area (Å²) in [6.07, 6.45) is 2.82. The number of amides is 2. The molecule has 2 amide bonds. The highest BCUT2D eigenvalue weighted by atomic mass is 32.2. The molecule has 0 bridgehead atoms. The van der Waals surface area contributed by atoms with Crippen molar-refractivity contribution in [1.29, 1.82) is 0 Å². The summed E-state index contributed by atoms with van der Waals surface area (Å²) in [6.45, 7) is 4.14. The quantitative estimate of drug-likeness (QED) is 0.865. The van der Waals surface area contributed by atoms with E-state index in [-0.39, 0.29) is 12.0 Å². The Balaban J connectivity index is 1.78. The molecule has 7 heteroatoms.